The van der Waals surface area contributed by atoms with Gasteiger partial charge in [0.1, 0.15) is 5.82 Å². The lowest BCUT2D eigenvalue weighted by Crippen LogP contribution is -2.33. The van der Waals surface area contributed by atoms with Crippen LogP contribution in [0.2, 0.25) is 0 Å². The molecule has 1 fully saturated rings. The number of rotatable bonds is 8. The highest BCUT2D eigenvalue weighted by molar-refractivity contribution is 7.80. The molecule has 1 aliphatic rings. The standard InChI is InChI=1S/C29H29FN6OS/c1-19-16-22(20(2)36(19)18-21-8-7-13-31-17-21)28-27(25-11-5-6-14-32-25)34-29(38)35(28)15-12-26(37)33-24-10-4-3-9-23(24)30/h3-11,13-14,16-17,27-28H,12,15,18H2,1-2H3,(H,33,37)(H,34,38)/t27-,28+/m0/s1. The number of carbonyl (C=O) groups excluding carboxylic acids is 1. The van der Waals surface area contributed by atoms with Crippen LogP contribution < -0.4 is 10.6 Å². The minimum Gasteiger partial charge on any atom is -0.352 e. The molecule has 0 aliphatic carbocycles. The molecular weight excluding hydrogens is 499 g/mol. The van der Waals surface area contributed by atoms with Gasteiger partial charge in [-0.3, -0.25) is 14.8 Å². The Morgan fingerprint density at radius 2 is 1.92 bits per heavy atom. The molecule has 7 nitrogen and oxygen atoms in total. The Bertz CT molecular complexity index is 1440. The first-order valence-corrected chi connectivity index (χ1v) is 12.9. The van der Waals surface area contributed by atoms with Crippen molar-refractivity contribution in [2.24, 2.45) is 0 Å². The third-order valence-electron chi connectivity index (χ3n) is 6.92. The third kappa shape index (κ3) is 5.28. The molecule has 9 heteroatoms. The van der Waals surface area contributed by atoms with Crippen molar-refractivity contribution in [3.63, 3.8) is 0 Å². The molecule has 4 aromatic rings. The maximum absolute atomic E-state index is 14.0. The number of anilines is 1. The van der Waals surface area contributed by atoms with Gasteiger partial charge in [0.15, 0.2) is 5.11 Å². The van der Waals surface area contributed by atoms with E-state index in [1.54, 1.807) is 30.6 Å². The van der Waals surface area contributed by atoms with Crippen molar-refractivity contribution in [1.82, 2.24) is 24.8 Å². The molecule has 2 N–H and O–H groups in total. The molecule has 38 heavy (non-hydrogen) atoms. The van der Waals surface area contributed by atoms with E-state index in [1.165, 1.54) is 6.07 Å². The molecule has 2 atom stereocenters. The summed E-state index contributed by atoms with van der Waals surface area (Å²) in [6, 6.07) is 17.8. The van der Waals surface area contributed by atoms with Crippen LogP contribution in [-0.2, 0) is 11.3 Å². The fourth-order valence-electron chi connectivity index (χ4n) is 5.03. The normalized spacial score (nSPS) is 16.9. The van der Waals surface area contributed by atoms with E-state index in [1.807, 2.05) is 35.4 Å². The van der Waals surface area contributed by atoms with Gasteiger partial charge in [-0.1, -0.05) is 24.3 Å². The summed E-state index contributed by atoms with van der Waals surface area (Å²) >= 11 is 5.77. The summed E-state index contributed by atoms with van der Waals surface area (Å²) in [5.74, 6) is -0.742. The van der Waals surface area contributed by atoms with Gasteiger partial charge in [-0.05, 0) is 73.6 Å². The number of carbonyl (C=O) groups is 1. The number of nitrogens with zero attached hydrogens (tertiary/aromatic N) is 4. The summed E-state index contributed by atoms with van der Waals surface area (Å²) in [7, 11) is 0. The number of para-hydroxylation sites is 1. The lowest BCUT2D eigenvalue weighted by molar-refractivity contribution is -0.116. The number of halogens is 1. The van der Waals surface area contributed by atoms with Crippen LogP contribution in [0.3, 0.4) is 0 Å². The fourth-order valence-corrected chi connectivity index (χ4v) is 5.36. The smallest absolute Gasteiger partial charge is 0.226 e. The molecule has 194 valence electrons. The lowest BCUT2D eigenvalue weighted by atomic mass is 9.96. The highest BCUT2D eigenvalue weighted by Gasteiger charge is 2.41. The maximum Gasteiger partial charge on any atom is 0.226 e. The van der Waals surface area contributed by atoms with E-state index in [2.05, 4.69) is 51.1 Å². The fraction of sp³-hybridized carbons (Fsp3) is 0.241. The summed E-state index contributed by atoms with van der Waals surface area (Å²) in [4.78, 5) is 23.7. The van der Waals surface area contributed by atoms with Gasteiger partial charge in [0.25, 0.3) is 0 Å². The predicted octanol–water partition coefficient (Wildman–Crippen LogP) is 5.08. The van der Waals surface area contributed by atoms with E-state index in [0.717, 1.165) is 28.2 Å². The highest BCUT2D eigenvalue weighted by Crippen LogP contribution is 2.41. The van der Waals surface area contributed by atoms with Gasteiger partial charge in [-0.15, -0.1) is 0 Å². The number of thiocarbonyl (C=S) groups is 1. The monoisotopic (exact) mass is 528 g/mol. The average molecular weight is 529 g/mol. The minimum atomic E-state index is -0.464. The number of aromatic nitrogens is 3. The molecule has 4 heterocycles. The van der Waals surface area contributed by atoms with Crippen molar-refractivity contribution in [1.29, 1.82) is 0 Å². The molecule has 1 saturated heterocycles. The summed E-state index contributed by atoms with van der Waals surface area (Å²) < 4.78 is 16.3. The molecule has 1 amide bonds. The third-order valence-corrected chi connectivity index (χ3v) is 7.27. The molecule has 5 rings (SSSR count). The maximum atomic E-state index is 14.0. The molecule has 0 spiro atoms. The first-order valence-electron chi connectivity index (χ1n) is 12.5. The second-order valence-corrected chi connectivity index (χ2v) is 9.76. The van der Waals surface area contributed by atoms with Gasteiger partial charge in [-0.2, -0.15) is 0 Å². The van der Waals surface area contributed by atoms with E-state index >= 15 is 0 Å². The zero-order chi connectivity index (χ0) is 26.6. The quantitative estimate of drug-likeness (QED) is 0.311. The molecular formula is C29H29FN6OS. The average Bonchev–Trinajstić information content (AvgIpc) is 3.40. The Labute approximate surface area is 226 Å². The first-order chi connectivity index (χ1) is 18.4. The Morgan fingerprint density at radius 3 is 2.66 bits per heavy atom. The molecule has 1 aliphatic heterocycles. The topological polar surface area (TPSA) is 75.1 Å². The van der Waals surface area contributed by atoms with Crippen LogP contribution in [-0.4, -0.2) is 37.0 Å². The second kappa shape index (κ2) is 11.1. The van der Waals surface area contributed by atoms with E-state index in [0.29, 0.717) is 18.2 Å². The van der Waals surface area contributed by atoms with Gasteiger partial charge >= 0.3 is 0 Å². The number of benzene rings is 1. The van der Waals surface area contributed by atoms with E-state index < -0.39 is 5.82 Å². The van der Waals surface area contributed by atoms with Crippen molar-refractivity contribution in [2.75, 3.05) is 11.9 Å². The number of nitrogens with one attached hydrogen (secondary N) is 2. The van der Waals surface area contributed by atoms with Gasteiger partial charge in [0, 0.05) is 49.5 Å². The van der Waals surface area contributed by atoms with Crippen LogP contribution in [0.5, 0.6) is 0 Å². The zero-order valence-electron chi connectivity index (χ0n) is 21.3. The van der Waals surface area contributed by atoms with Crippen molar-refractivity contribution in [3.8, 4) is 0 Å². The van der Waals surface area contributed by atoms with Crippen LogP contribution >= 0.6 is 12.2 Å². The van der Waals surface area contributed by atoms with E-state index in [-0.39, 0.29) is 30.1 Å². The summed E-state index contributed by atoms with van der Waals surface area (Å²) in [6.45, 7) is 5.27. The number of hydrogen-bond acceptors (Lipinski definition) is 4. The van der Waals surface area contributed by atoms with Gasteiger partial charge in [-0.25, -0.2) is 4.39 Å². The number of pyridine rings is 2. The van der Waals surface area contributed by atoms with Crippen molar-refractivity contribution >= 4 is 28.9 Å². The Balaban J connectivity index is 1.43. The van der Waals surface area contributed by atoms with Gasteiger partial charge < -0.3 is 20.1 Å². The molecule has 3 aromatic heterocycles. The molecule has 0 bridgehead atoms. The van der Waals surface area contributed by atoms with E-state index in [9.17, 15) is 9.18 Å². The molecule has 1 aromatic carbocycles. The van der Waals surface area contributed by atoms with Crippen molar-refractivity contribution in [3.05, 3.63) is 113 Å². The predicted molar refractivity (Wildman–Crippen MR) is 149 cm³/mol. The largest absolute Gasteiger partial charge is 0.352 e. The molecule has 0 saturated carbocycles. The SMILES string of the molecule is Cc1cc([C@@H]2[C@H](c3ccccn3)NC(=S)N2CCC(=O)Nc2ccccc2F)c(C)n1Cc1cccnc1. The van der Waals surface area contributed by atoms with Gasteiger partial charge in [0.2, 0.25) is 5.91 Å². The summed E-state index contributed by atoms with van der Waals surface area (Å²) in [6.07, 6.45) is 5.57. The Hall–Kier alpha value is -4.11. The first kappa shape index (κ1) is 25.5. The van der Waals surface area contributed by atoms with E-state index in [4.69, 9.17) is 12.2 Å². The zero-order valence-corrected chi connectivity index (χ0v) is 22.1. The van der Waals surface area contributed by atoms with Gasteiger partial charge in [0.05, 0.1) is 23.5 Å². The lowest BCUT2D eigenvalue weighted by Gasteiger charge is -2.28. The van der Waals surface area contributed by atoms with Crippen LogP contribution in [0.1, 0.15) is 46.7 Å². The molecule has 0 unspecified atom stereocenters. The number of aryl methyl sites for hydroxylation is 1. The Kier molecular flexibility index (Phi) is 7.46. The number of hydrogen-bond donors (Lipinski definition) is 2. The summed E-state index contributed by atoms with van der Waals surface area (Å²) in [5, 5.41) is 6.67. The second-order valence-electron chi connectivity index (χ2n) is 9.37. The van der Waals surface area contributed by atoms with Crippen LogP contribution in [0.15, 0.2) is 79.3 Å². The van der Waals surface area contributed by atoms with Crippen molar-refractivity contribution in [2.45, 2.75) is 38.9 Å². The van der Waals surface area contributed by atoms with Crippen LogP contribution in [0.4, 0.5) is 10.1 Å². The van der Waals surface area contributed by atoms with Crippen LogP contribution in [0.25, 0.3) is 0 Å². The van der Waals surface area contributed by atoms with Crippen molar-refractivity contribution < 1.29 is 9.18 Å². The summed E-state index contributed by atoms with van der Waals surface area (Å²) in [5.41, 5.74) is 5.50. The highest BCUT2D eigenvalue weighted by atomic mass is 32.1. The Morgan fingerprint density at radius 1 is 1.11 bits per heavy atom. The number of amides is 1. The minimum absolute atomic E-state index is 0.149. The van der Waals surface area contributed by atoms with Crippen LogP contribution in [0, 0.1) is 19.7 Å². The molecule has 0 radical (unpaired) electrons.